The highest BCUT2D eigenvalue weighted by atomic mass is 16.5. The van der Waals surface area contributed by atoms with Gasteiger partial charge in [0.25, 0.3) is 5.56 Å². The van der Waals surface area contributed by atoms with Crippen LogP contribution in [-0.2, 0) is 13.2 Å². The molecule has 3 aromatic rings. The molecule has 0 unspecified atom stereocenters. The Balaban J connectivity index is 1.99. The Morgan fingerprint density at radius 3 is 2.26 bits per heavy atom. The molecule has 0 bridgehead atoms. The molecule has 0 saturated carbocycles. The summed E-state index contributed by atoms with van der Waals surface area (Å²) in [6.45, 7) is 5.84. The van der Waals surface area contributed by atoms with Gasteiger partial charge < -0.3 is 18.8 Å². The number of ether oxygens (including phenoxy) is 3. The number of hydrogen-bond acceptors (Lipinski definition) is 4. The fourth-order valence-electron chi connectivity index (χ4n) is 4.10. The van der Waals surface area contributed by atoms with Crippen molar-refractivity contribution in [2.75, 3.05) is 13.7 Å². The Morgan fingerprint density at radius 2 is 1.53 bits per heavy atom. The summed E-state index contributed by atoms with van der Waals surface area (Å²) in [6.07, 6.45) is 8.88. The van der Waals surface area contributed by atoms with Crippen molar-refractivity contribution in [3.05, 3.63) is 64.4 Å². The Hall–Kier alpha value is -2.95. The number of hydrogen-bond donors (Lipinski definition) is 0. The van der Waals surface area contributed by atoms with E-state index < -0.39 is 0 Å². The van der Waals surface area contributed by atoms with Gasteiger partial charge in [-0.05, 0) is 30.5 Å². The van der Waals surface area contributed by atoms with Crippen LogP contribution in [0.25, 0.3) is 10.9 Å². The van der Waals surface area contributed by atoms with E-state index >= 15 is 0 Å². The number of pyridine rings is 1. The predicted molar refractivity (Wildman–Crippen MR) is 139 cm³/mol. The van der Waals surface area contributed by atoms with Crippen LogP contribution >= 0.6 is 0 Å². The highest BCUT2D eigenvalue weighted by Crippen LogP contribution is 2.35. The van der Waals surface area contributed by atoms with Gasteiger partial charge in [-0.1, -0.05) is 82.7 Å². The van der Waals surface area contributed by atoms with Crippen LogP contribution in [0.15, 0.2) is 53.3 Å². The largest absolute Gasteiger partial charge is 0.497 e. The van der Waals surface area contributed by atoms with Crippen molar-refractivity contribution < 1.29 is 14.2 Å². The quantitative estimate of drug-likeness (QED) is 0.224. The molecule has 0 fully saturated rings. The van der Waals surface area contributed by atoms with Crippen LogP contribution < -0.4 is 19.8 Å². The summed E-state index contributed by atoms with van der Waals surface area (Å²) in [5.41, 5.74) is 1.73. The van der Waals surface area contributed by atoms with Gasteiger partial charge in [0.1, 0.15) is 12.4 Å². The van der Waals surface area contributed by atoms with E-state index in [2.05, 4.69) is 13.8 Å². The molecule has 2 aromatic carbocycles. The minimum atomic E-state index is -0.131. The molecule has 0 radical (unpaired) electrons. The van der Waals surface area contributed by atoms with E-state index in [1.165, 1.54) is 25.7 Å². The molecule has 3 rings (SSSR count). The van der Waals surface area contributed by atoms with Crippen molar-refractivity contribution in [2.45, 2.75) is 78.4 Å². The lowest BCUT2D eigenvalue weighted by atomic mass is 10.1. The summed E-state index contributed by atoms with van der Waals surface area (Å²) in [7, 11) is 1.65. The van der Waals surface area contributed by atoms with Crippen LogP contribution in [-0.4, -0.2) is 18.3 Å². The number of fused-ring (bicyclic) bond motifs is 1. The summed E-state index contributed by atoms with van der Waals surface area (Å²) in [5.74, 6) is 1.55. The first-order chi connectivity index (χ1) is 16.7. The Kier molecular flexibility index (Phi) is 10.3. The maximum Gasteiger partial charge on any atom is 0.297 e. The second kappa shape index (κ2) is 13.7. The van der Waals surface area contributed by atoms with Gasteiger partial charge in [-0.15, -0.1) is 0 Å². The molecule has 184 valence electrons. The molecular formula is C29H39NO4. The molecular weight excluding hydrogens is 426 g/mol. The Labute approximate surface area is 203 Å². The molecule has 0 atom stereocenters. The van der Waals surface area contributed by atoms with Crippen LogP contribution in [0.5, 0.6) is 17.2 Å². The minimum absolute atomic E-state index is 0.131. The smallest absolute Gasteiger partial charge is 0.297 e. The number of rotatable bonds is 15. The van der Waals surface area contributed by atoms with E-state index in [0.717, 1.165) is 47.9 Å². The third-order valence-electron chi connectivity index (χ3n) is 6.09. The monoisotopic (exact) mass is 465 g/mol. The number of aryl methyl sites for hydroxylation is 1. The number of benzene rings is 2. The van der Waals surface area contributed by atoms with Crippen molar-refractivity contribution >= 4 is 10.9 Å². The molecule has 0 aliphatic heterocycles. The topological polar surface area (TPSA) is 49.7 Å². The summed E-state index contributed by atoms with van der Waals surface area (Å²) in [4.78, 5) is 13.7. The molecule has 5 heteroatoms. The molecule has 5 nitrogen and oxygen atoms in total. The van der Waals surface area contributed by atoms with Crippen LogP contribution in [0.3, 0.4) is 0 Å². The average molecular weight is 466 g/mol. The van der Waals surface area contributed by atoms with E-state index in [1.54, 1.807) is 7.11 Å². The average Bonchev–Trinajstić information content (AvgIpc) is 2.87. The van der Waals surface area contributed by atoms with Gasteiger partial charge in [0.2, 0.25) is 5.75 Å². The second-order valence-electron chi connectivity index (χ2n) is 8.74. The molecule has 1 heterocycles. The molecule has 0 N–H and O–H groups in total. The van der Waals surface area contributed by atoms with Crippen molar-refractivity contribution in [3.63, 3.8) is 0 Å². The summed E-state index contributed by atoms with van der Waals surface area (Å²) in [5, 5.41) is 0.869. The van der Waals surface area contributed by atoms with Crippen molar-refractivity contribution in [3.8, 4) is 17.2 Å². The van der Waals surface area contributed by atoms with Gasteiger partial charge in [-0.3, -0.25) is 4.79 Å². The summed E-state index contributed by atoms with van der Waals surface area (Å²) >= 11 is 0. The summed E-state index contributed by atoms with van der Waals surface area (Å²) in [6, 6.07) is 15.8. The standard InChI is InChI=1S/C29H39NO4/c1-4-6-8-9-10-14-19-30-26-21-24(32-3)17-18-25(26)27(28(29(30)31)33-20-7-5-2)34-22-23-15-12-11-13-16-23/h11-13,15-18,21H,4-10,14,19-20,22H2,1-3H3. The van der Waals surface area contributed by atoms with Crippen molar-refractivity contribution in [1.82, 2.24) is 4.57 Å². The summed E-state index contributed by atoms with van der Waals surface area (Å²) < 4.78 is 19.7. The van der Waals surface area contributed by atoms with E-state index in [9.17, 15) is 4.79 Å². The molecule has 0 spiro atoms. The zero-order chi connectivity index (χ0) is 24.2. The van der Waals surface area contributed by atoms with Gasteiger partial charge in [0, 0.05) is 18.0 Å². The van der Waals surface area contributed by atoms with Gasteiger partial charge in [-0.25, -0.2) is 0 Å². The van der Waals surface area contributed by atoms with Gasteiger partial charge in [0.15, 0.2) is 5.75 Å². The molecule has 0 amide bonds. The number of unbranched alkanes of at least 4 members (excludes halogenated alkanes) is 6. The molecule has 34 heavy (non-hydrogen) atoms. The van der Waals surface area contributed by atoms with Crippen LogP contribution in [0.4, 0.5) is 0 Å². The predicted octanol–water partition coefficient (Wildman–Crippen LogP) is 7.13. The van der Waals surface area contributed by atoms with E-state index in [-0.39, 0.29) is 5.56 Å². The lowest BCUT2D eigenvalue weighted by Crippen LogP contribution is -2.24. The van der Waals surface area contributed by atoms with Gasteiger partial charge in [0.05, 0.1) is 19.2 Å². The molecule has 0 aliphatic rings. The van der Waals surface area contributed by atoms with E-state index in [1.807, 2.05) is 53.1 Å². The third-order valence-corrected chi connectivity index (χ3v) is 6.09. The number of aromatic nitrogens is 1. The van der Waals surface area contributed by atoms with Crippen molar-refractivity contribution in [1.29, 1.82) is 0 Å². The highest BCUT2D eigenvalue weighted by Gasteiger charge is 2.20. The maximum atomic E-state index is 13.7. The first-order valence-corrected chi connectivity index (χ1v) is 12.7. The minimum Gasteiger partial charge on any atom is -0.497 e. The zero-order valence-electron chi connectivity index (χ0n) is 21.0. The van der Waals surface area contributed by atoms with Crippen LogP contribution in [0.1, 0.15) is 70.8 Å². The highest BCUT2D eigenvalue weighted by molar-refractivity contribution is 5.89. The third kappa shape index (κ3) is 6.78. The van der Waals surface area contributed by atoms with Crippen molar-refractivity contribution in [2.24, 2.45) is 0 Å². The maximum absolute atomic E-state index is 13.7. The van der Waals surface area contributed by atoms with Crippen LogP contribution in [0, 0.1) is 0 Å². The van der Waals surface area contributed by atoms with Gasteiger partial charge in [-0.2, -0.15) is 0 Å². The van der Waals surface area contributed by atoms with E-state index in [0.29, 0.717) is 31.3 Å². The first-order valence-electron chi connectivity index (χ1n) is 12.7. The normalized spacial score (nSPS) is 11.0. The second-order valence-corrected chi connectivity index (χ2v) is 8.74. The Morgan fingerprint density at radius 1 is 0.794 bits per heavy atom. The fraction of sp³-hybridized carbons (Fsp3) is 0.483. The van der Waals surface area contributed by atoms with Crippen LogP contribution in [0.2, 0.25) is 0 Å². The van der Waals surface area contributed by atoms with Gasteiger partial charge >= 0.3 is 0 Å². The lowest BCUT2D eigenvalue weighted by molar-refractivity contribution is 0.257. The van der Waals surface area contributed by atoms with E-state index in [4.69, 9.17) is 14.2 Å². The number of methoxy groups -OCH3 is 1. The lowest BCUT2D eigenvalue weighted by Gasteiger charge is -2.19. The molecule has 0 aliphatic carbocycles. The first kappa shape index (κ1) is 25.7. The fourth-order valence-corrected chi connectivity index (χ4v) is 4.10. The SMILES string of the molecule is CCCCCCCCn1c(=O)c(OCCCC)c(OCc2ccccc2)c2ccc(OC)cc21. The Bertz CT molecular complexity index is 1070. The number of nitrogens with zero attached hydrogens (tertiary/aromatic N) is 1. The molecule has 0 saturated heterocycles. The molecule has 1 aromatic heterocycles. The zero-order valence-corrected chi connectivity index (χ0v) is 21.0.